The van der Waals surface area contributed by atoms with E-state index < -0.39 is 0 Å². The summed E-state index contributed by atoms with van der Waals surface area (Å²) in [6.07, 6.45) is 3.49. The third-order valence-electron chi connectivity index (χ3n) is 2.25. The van der Waals surface area contributed by atoms with E-state index in [4.69, 9.17) is 0 Å². The van der Waals surface area contributed by atoms with Gasteiger partial charge in [0.2, 0.25) is 0 Å². The molecule has 78 valence electrons. The van der Waals surface area contributed by atoms with Crippen LogP contribution < -0.4 is 0 Å². The van der Waals surface area contributed by atoms with E-state index in [9.17, 15) is 0 Å². The molecule has 0 spiro atoms. The second kappa shape index (κ2) is 4.15. The topological polar surface area (TPSA) is 25.8 Å². The highest BCUT2D eigenvalue weighted by molar-refractivity contribution is 7.14. The van der Waals surface area contributed by atoms with Crippen LogP contribution in [-0.4, -0.2) is 9.97 Å². The Morgan fingerprint density at radius 1 is 0.938 bits per heavy atom. The van der Waals surface area contributed by atoms with Crippen LogP contribution in [0.3, 0.4) is 0 Å². The molecule has 2 nitrogen and oxygen atoms in total. The number of hydrogen-bond acceptors (Lipinski definition) is 4. The molecule has 0 amide bonds. The molecular weight excluding hydrogens is 236 g/mol. The van der Waals surface area contributed by atoms with Gasteiger partial charge in [-0.05, 0) is 22.9 Å². The molecule has 3 aromatic heterocycles. The maximum atomic E-state index is 4.38. The van der Waals surface area contributed by atoms with E-state index in [1.165, 1.54) is 9.75 Å². The van der Waals surface area contributed by atoms with E-state index in [1.807, 2.05) is 18.3 Å². The molecule has 3 rings (SSSR count). The van der Waals surface area contributed by atoms with E-state index >= 15 is 0 Å². The van der Waals surface area contributed by atoms with Crippen LogP contribution in [0.15, 0.2) is 47.5 Å². The average Bonchev–Trinajstić information content (AvgIpc) is 3.03. The van der Waals surface area contributed by atoms with Crippen molar-refractivity contribution in [2.45, 2.75) is 0 Å². The minimum atomic E-state index is 1.02. The summed E-state index contributed by atoms with van der Waals surface area (Å²) in [6.45, 7) is 0. The van der Waals surface area contributed by atoms with Gasteiger partial charge >= 0.3 is 0 Å². The molecule has 4 heteroatoms. The minimum absolute atomic E-state index is 1.02. The normalized spacial score (nSPS) is 10.5. The molecule has 0 aromatic carbocycles. The molecule has 0 saturated heterocycles. The Kier molecular flexibility index (Phi) is 2.52. The maximum absolute atomic E-state index is 4.38. The molecule has 0 atom stereocenters. The predicted molar refractivity (Wildman–Crippen MR) is 68.7 cm³/mol. The largest absolute Gasteiger partial charge is 0.244 e. The molecule has 3 aromatic rings. The molecule has 0 bridgehead atoms. The summed E-state index contributed by atoms with van der Waals surface area (Å²) in [5.41, 5.74) is 2.13. The molecule has 0 aliphatic carbocycles. The number of hydrogen-bond donors (Lipinski definition) is 0. The van der Waals surface area contributed by atoms with E-state index in [1.54, 1.807) is 29.0 Å². The van der Waals surface area contributed by atoms with Crippen molar-refractivity contribution in [3.8, 4) is 21.0 Å². The van der Waals surface area contributed by atoms with Crippen LogP contribution in [0.25, 0.3) is 21.0 Å². The number of rotatable bonds is 2. The molecule has 0 radical (unpaired) electrons. The zero-order valence-electron chi connectivity index (χ0n) is 8.33. The molecule has 0 saturated carbocycles. The summed E-state index contributed by atoms with van der Waals surface area (Å²) in [6, 6.07) is 8.27. The van der Waals surface area contributed by atoms with Crippen molar-refractivity contribution in [3.63, 3.8) is 0 Å². The summed E-state index contributed by atoms with van der Waals surface area (Å²) in [5.74, 6) is 0. The van der Waals surface area contributed by atoms with Crippen molar-refractivity contribution >= 4 is 22.7 Å². The number of nitrogens with zero attached hydrogens (tertiary/aromatic N) is 2. The molecule has 0 fully saturated rings. The predicted octanol–water partition coefficient (Wildman–Crippen LogP) is 3.93. The standard InChI is InChI=1S/C12H8N2S2/c1-3-10(15-5-1)9-7-13-8-14-12(9)11-4-2-6-16-11/h1-8H. The van der Waals surface area contributed by atoms with Gasteiger partial charge in [0.15, 0.2) is 0 Å². The van der Waals surface area contributed by atoms with Crippen LogP contribution >= 0.6 is 22.7 Å². The smallest absolute Gasteiger partial charge is 0.116 e. The first kappa shape index (κ1) is 9.69. The Hall–Kier alpha value is -1.52. The third-order valence-corrected chi connectivity index (χ3v) is 4.03. The van der Waals surface area contributed by atoms with E-state index in [2.05, 4.69) is 32.9 Å². The van der Waals surface area contributed by atoms with E-state index in [0.29, 0.717) is 0 Å². The molecule has 3 heterocycles. The number of thiophene rings is 2. The van der Waals surface area contributed by atoms with Gasteiger partial charge in [-0.3, -0.25) is 0 Å². The lowest BCUT2D eigenvalue weighted by Crippen LogP contribution is -1.86. The van der Waals surface area contributed by atoms with Crippen LogP contribution in [0.4, 0.5) is 0 Å². The summed E-state index contributed by atoms with van der Waals surface area (Å²) >= 11 is 3.41. The molecular formula is C12H8N2S2. The van der Waals surface area contributed by atoms with Crippen molar-refractivity contribution in [3.05, 3.63) is 47.5 Å². The zero-order valence-corrected chi connectivity index (χ0v) is 9.96. The Balaban J connectivity index is 2.19. The van der Waals surface area contributed by atoms with Crippen molar-refractivity contribution in [1.82, 2.24) is 9.97 Å². The maximum Gasteiger partial charge on any atom is 0.116 e. The summed E-state index contributed by atoms with van der Waals surface area (Å²) in [7, 11) is 0. The van der Waals surface area contributed by atoms with Crippen LogP contribution in [0.5, 0.6) is 0 Å². The van der Waals surface area contributed by atoms with Crippen LogP contribution in [-0.2, 0) is 0 Å². The highest BCUT2D eigenvalue weighted by Crippen LogP contribution is 2.34. The molecule has 0 N–H and O–H groups in total. The lowest BCUT2D eigenvalue weighted by Gasteiger charge is -2.03. The fourth-order valence-corrected chi connectivity index (χ4v) is 3.02. The third kappa shape index (κ3) is 1.66. The van der Waals surface area contributed by atoms with Crippen molar-refractivity contribution in [1.29, 1.82) is 0 Å². The number of aromatic nitrogens is 2. The quantitative estimate of drug-likeness (QED) is 0.682. The van der Waals surface area contributed by atoms with Crippen molar-refractivity contribution in [2.24, 2.45) is 0 Å². The molecule has 0 aliphatic rings. The first-order valence-electron chi connectivity index (χ1n) is 4.83. The first-order valence-corrected chi connectivity index (χ1v) is 6.59. The average molecular weight is 244 g/mol. The second-order valence-electron chi connectivity index (χ2n) is 3.24. The van der Waals surface area contributed by atoms with Gasteiger partial charge in [-0.15, -0.1) is 22.7 Å². The Labute approximate surface area is 101 Å². The summed E-state index contributed by atoms with van der Waals surface area (Å²) in [4.78, 5) is 10.9. The molecule has 0 aliphatic heterocycles. The fraction of sp³-hybridized carbons (Fsp3) is 0. The van der Waals surface area contributed by atoms with Gasteiger partial charge < -0.3 is 0 Å². The fourth-order valence-electron chi connectivity index (χ4n) is 1.55. The van der Waals surface area contributed by atoms with Crippen molar-refractivity contribution in [2.75, 3.05) is 0 Å². The second-order valence-corrected chi connectivity index (χ2v) is 5.14. The van der Waals surface area contributed by atoms with Gasteiger partial charge in [0.25, 0.3) is 0 Å². The lowest BCUT2D eigenvalue weighted by molar-refractivity contribution is 1.18. The van der Waals surface area contributed by atoms with Gasteiger partial charge in [-0.25, -0.2) is 9.97 Å². The van der Waals surface area contributed by atoms with Gasteiger partial charge in [0, 0.05) is 16.6 Å². The highest BCUT2D eigenvalue weighted by atomic mass is 32.1. The van der Waals surface area contributed by atoms with E-state index in [-0.39, 0.29) is 0 Å². The first-order chi connectivity index (χ1) is 7.95. The molecule has 16 heavy (non-hydrogen) atoms. The van der Waals surface area contributed by atoms with Gasteiger partial charge in [-0.1, -0.05) is 12.1 Å². The Morgan fingerprint density at radius 3 is 2.38 bits per heavy atom. The van der Waals surface area contributed by atoms with Gasteiger partial charge in [0.05, 0.1) is 10.6 Å². The summed E-state index contributed by atoms with van der Waals surface area (Å²) < 4.78 is 0. The van der Waals surface area contributed by atoms with Gasteiger partial charge in [0.1, 0.15) is 6.33 Å². The zero-order chi connectivity index (χ0) is 10.8. The minimum Gasteiger partial charge on any atom is -0.244 e. The summed E-state index contributed by atoms with van der Waals surface area (Å²) in [5, 5.41) is 4.14. The van der Waals surface area contributed by atoms with Gasteiger partial charge in [-0.2, -0.15) is 0 Å². The highest BCUT2D eigenvalue weighted by Gasteiger charge is 2.10. The van der Waals surface area contributed by atoms with E-state index in [0.717, 1.165) is 11.3 Å². The van der Waals surface area contributed by atoms with Crippen LogP contribution in [0.1, 0.15) is 0 Å². The van der Waals surface area contributed by atoms with Crippen LogP contribution in [0.2, 0.25) is 0 Å². The van der Waals surface area contributed by atoms with Crippen LogP contribution in [0, 0.1) is 0 Å². The molecule has 0 unspecified atom stereocenters. The SMILES string of the molecule is c1csc(-c2cncnc2-c2cccs2)c1. The lowest BCUT2D eigenvalue weighted by atomic mass is 10.2. The Bertz CT molecular complexity index is 518. The van der Waals surface area contributed by atoms with Crippen molar-refractivity contribution < 1.29 is 0 Å². The monoisotopic (exact) mass is 244 g/mol. The Morgan fingerprint density at radius 2 is 1.69 bits per heavy atom.